The molecule has 1 aliphatic rings. The van der Waals surface area contributed by atoms with Crippen LogP contribution in [0.4, 0.5) is 19.3 Å². The van der Waals surface area contributed by atoms with Gasteiger partial charge >= 0.3 is 12.0 Å². The van der Waals surface area contributed by atoms with Gasteiger partial charge in [-0.15, -0.1) is 0 Å². The highest BCUT2D eigenvalue weighted by Crippen LogP contribution is 2.24. The van der Waals surface area contributed by atoms with E-state index in [0.29, 0.717) is 18.8 Å². The number of hydrogen-bond acceptors (Lipinski definition) is 5. The van der Waals surface area contributed by atoms with Gasteiger partial charge < -0.3 is 15.4 Å². The molecule has 29 heavy (non-hydrogen) atoms. The SMILES string of the molecule is CC(C)CC[C@@]1(C)NC(=O)N(CC(=O)OCC(=O)Nc2cc(F)ccc2F)C1=O. The van der Waals surface area contributed by atoms with Crippen LogP contribution in [0.5, 0.6) is 0 Å². The van der Waals surface area contributed by atoms with Crippen molar-refractivity contribution in [3.63, 3.8) is 0 Å². The van der Waals surface area contributed by atoms with E-state index in [0.717, 1.165) is 23.1 Å². The summed E-state index contributed by atoms with van der Waals surface area (Å²) >= 11 is 0. The van der Waals surface area contributed by atoms with Crippen LogP contribution >= 0.6 is 0 Å². The van der Waals surface area contributed by atoms with Crippen molar-refractivity contribution >= 4 is 29.5 Å². The van der Waals surface area contributed by atoms with Crippen LogP contribution in [0.25, 0.3) is 0 Å². The van der Waals surface area contributed by atoms with E-state index in [4.69, 9.17) is 4.74 Å². The van der Waals surface area contributed by atoms with Crippen LogP contribution in [0.15, 0.2) is 18.2 Å². The molecule has 1 saturated heterocycles. The first-order valence-corrected chi connectivity index (χ1v) is 9.06. The summed E-state index contributed by atoms with van der Waals surface area (Å²) in [6.45, 7) is 4.11. The zero-order valence-electron chi connectivity index (χ0n) is 16.4. The number of nitrogens with one attached hydrogen (secondary N) is 2. The number of esters is 1. The quantitative estimate of drug-likeness (QED) is 0.504. The average Bonchev–Trinajstić information content (AvgIpc) is 2.85. The summed E-state index contributed by atoms with van der Waals surface area (Å²) in [7, 11) is 0. The molecule has 158 valence electrons. The Morgan fingerprint density at radius 1 is 1.28 bits per heavy atom. The maximum atomic E-state index is 13.5. The van der Waals surface area contributed by atoms with Crippen LogP contribution < -0.4 is 10.6 Å². The zero-order valence-corrected chi connectivity index (χ0v) is 16.4. The minimum atomic E-state index is -1.10. The van der Waals surface area contributed by atoms with Gasteiger partial charge in [0.25, 0.3) is 11.8 Å². The van der Waals surface area contributed by atoms with E-state index in [1.54, 1.807) is 6.92 Å². The largest absolute Gasteiger partial charge is 0.454 e. The Morgan fingerprint density at radius 3 is 2.62 bits per heavy atom. The molecule has 2 N–H and O–H groups in total. The molecule has 1 atom stereocenters. The minimum absolute atomic E-state index is 0.331. The molecule has 0 aromatic heterocycles. The van der Waals surface area contributed by atoms with Gasteiger partial charge in [0.05, 0.1) is 5.69 Å². The van der Waals surface area contributed by atoms with Gasteiger partial charge in [-0.1, -0.05) is 13.8 Å². The molecule has 1 heterocycles. The number of hydrogen-bond donors (Lipinski definition) is 2. The van der Waals surface area contributed by atoms with Crippen LogP contribution in [0.2, 0.25) is 0 Å². The lowest BCUT2D eigenvalue weighted by atomic mass is 9.92. The average molecular weight is 411 g/mol. The molecule has 1 aromatic carbocycles. The van der Waals surface area contributed by atoms with Crippen molar-refractivity contribution in [3.05, 3.63) is 29.8 Å². The highest BCUT2D eigenvalue weighted by molar-refractivity contribution is 6.08. The van der Waals surface area contributed by atoms with Crippen LogP contribution in [0, 0.1) is 17.6 Å². The summed E-state index contributed by atoms with van der Waals surface area (Å²) in [5.74, 6) is -3.72. The number of nitrogens with zero attached hydrogens (tertiary/aromatic N) is 1. The van der Waals surface area contributed by atoms with Crippen molar-refractivity contribution in [1.29, 1.82) is 0 Å². The summed E-state index contributed by atoms with van der Waals surface area (Å²) in [6.07, 6.45) is 1.13. The lowest BCUT2D eigenvalue weighted by Gasteiger charge is -2.22. The lowest BCUT2D eigenvalue weighted by molar-refractivity contribution is -0.150. The summed E-state index contributed by atoms with van der Waals surface area (Å²) in [4.78, 5) is 49.0. The predicted molar refractivity (Wildman–Crippen MR) is 98.7 cm³/mol. The maximum absolute atomic E-state index is 13.5. The minimum Gasteiger partial charge on any atom is -0.454 e. The topological polar surface area (TPSA) is 105 Å². The summed E-state index contributed by atoms with van der Waals surface area (Å²) in [5.41, 5.74) is -1.51. The lowest BCUT2D eigenvalue weighted by Crippen LogP contribution is -2.44. The first kappa shape index (κ1) is 22.3. The first-order valence-electron chi connectivity index (χ1n) is 9.06. The van der Waals surface area contributed by atoms with Gasteiger partial charge in [-0.2, -0.15) is 0 Å². The third-order valence-corrected chi connectivity index (χ3v) is 4.42. The van der Waals surface area contributed by atoms with Gasteiger partial charge in [-0.3, -0.25) is 19.3 Å². The zero-order chi connectivity index (χ0) is 21.8. The van der Waals surface area contributed by atoms with E-state index in [9.17, 15) is 28.0 Å². The van der Waals surface area contributed by atoms with Crippen molar-refractivity contribution in [1.82, 2.24) is 10.2 Å². The molecule has 0 bridgehead atoms. The second-order valence-electron chi connectivity index (χ2n) is 7.42. The number of benzene rings is 1. The molecule has 0 spiro atoms. The van der Waals surface area contributed by atoms with Gasteiger partial charge in [-0.25, -0.2) is 13.6 Å². The van der Waals surface area contributed by atoms with Crippen LogP contribution in [-0.4, -0.2) is 47.4 Å². The van der Waals surface area contributed by atoms with Crippen molar-refractivity contribution in [3.8, 4) is 0 Å². The number of carbonyl (C=O) groups is 4. The Hall–Kier alpha value is -3.04. The number of urea groups is 1. The van der Waals surface area contributed by atoms with Gasteiger partial charge in [0.15, 0.2) is 6.61 Å². The molecule has 0 radical (unpaired) electrons. The van der Waals surface area contributed by atoms with E-state index in [1.807, 2.05) is 13.8 Å². The van der Waals surface area contributed by atoms with Crippen LogP contribution in [-0.2, 0) is 19.1 Å². The van der Waals surface area contributed by atoms with Crippen molar-refractivity contribution in [2.75, 3.05) is 18.5 Å². The third kappa shape index (κ3) is 5.72. The maximum Gasteiger partial charge on any atom is 0.326 e. The molecule has 0 saturated carbocycles. The molecule has 1 aromatic rings. The summed E-state index contributed by atoms with van der Waals surface area (Å²) in [5, 5.41) is 4.64. The van der Waals surface area contributed by atoms with Crippen molar-refractivity contribution in [2.24, 2.45) is 5.92 Å². The number of imide groups is 1. The second-order valence-corrected chi connectivity index (χ2v) is 7.42. The van der Waals surface area contributed by atoms with E-state index in [1.165, 1.54) is 0 Å². The Kier molecular flexibility index (Phi) is 6.89. The Morgan fingerprint density at radius 2 is 1.97 bits per heavy atom. The highest BCUT2D eigenvalue weighted by Gasteiger charge is 2.48. The van der Waals surface area contributed by atoms with Gasteiger partial charge in [0.1, 0.15) is 23.7 Å². The molecule has 2 rings (SSSR count). The predicted octanol–water partition coefficient (Wildman–Crippen LogP) is 2.19. The molecule has 1 fully saturated rings. The number of carbonyl (C=O) groups excluding carboxylic acids is 4. The van der Waals surface area contributed by atoms with Crippen molar-refractivity contribution in [2.45, 2.75) is 39.2 Å². The number of amides is 4. The molecule has 1 aliphatic heterocycles. The molecule has 0 unspecified atom stereocenters. The number of anilines is 1. The third-order valence-electron chi connectivity index (χ3n) is 4.42. The molecule has 4 amide bonds. The van der Waals surface area contributed by atoms with Gasteiger partial charge in [0, 0.05) is 6.07 Å². The van der Waals surface area contributed by atoms with E-state index < -0.39 is 59.8 Å². The van der Waals surface area contributed by atoms with E-state index >= 15 is 0 Å². The number of ether oxygens (including phenoxy) is 1. The number of rotatable bonds is 8. The van der Waals surface area contributed by atoms with Crippen molar-refractivity contribution < 1.29 is 32.7 Å². The number of halogens is 2. The van der Waals surface area contributed by atoms with Crippen LogP contribution in [0.3, 0.4) is 0 Å². The van der Waals surface area contributed by atoms with Gasteiger partial charge in [0.2, 0.25) is 0 Å². The van der Waals surface area contributed by atoms with E-state index in [2.05, 4.69) is 10.6 Å². The highest BCUT2D eigenvalue weighted by atomic mass is 19.1. The fourth-order valence-corrected chi connectivity index (χ4v) is 2.74. The normalized spacial score (nSPS) is 18.8. The molecule has 8 nitrogen and oxygen atoms in total. The molecular formula is C19H23F2N3O5. The standard InChI is InChI=1S/C19H23F2N3O5/c1-11(2)6-7-19(3)17(27)24(18(28)23-19)9-16(26)29-10-15(25)22-14-8-12(20)4-5-13(14)21/h4-5,8,11H,6-7,9-10H2,1-3H3,(H,22,25)(H,23,28)/t19-/m1/s1. The molecule has 0 aliphatic carbocycles. The molecular weight excluding hydrogens is 388 g/mol. The Balaban J connectivity index is 1.87. The Labute approximate surface area is 166 Å². The van der Waals surface area contributed by atoms with Crippen LogP contribution in [0.1, 0.15) is 33.6 Å². The smallest absolute Gasteiger partial charge is 0.326 e. The summed E-state index contributed by atoms with van der Waals surface area (Å²) < 4.78 is 31.3. The Bertz CT molecular complexity index is 830. The fraction of sp³-hybridized carbons (Fsp3) is 0.474. The molecule has 10 heteroatoms. The van der Waals surface area contributed by atoms with Gasteiger partial charge in [-0.05, 0) is 37.8 Å². The second kappa shape index (κ2) is 8.97. The van der Waals surface area contributed by atoms with E-state index in [-0.39, 0.29) is 0 Å². The fourth-order valence-electron chi connectivity index (χ4n) is 2.74. The summed E-state index contributed by atoms with van der Waals surface area (Å²) in [6, 6.07) is 1.79. The monoisotopic (exact) mass is 411 g/mol. The first-order chi connectivity index (χ1) is 13.5.